The molecule has 4 rings (SSSR count). The number of halogens is 1. The normalized spacial score (nSPS) is 11.7. The summed E-state index contributed by atoms with van der Waals surface area (Å²) >= 11 is 3.38. The van der Waals surface area contributed by atoms with E-state index in [9.17, 15) is 9.90 Å². The van der Waals surface area contributed by atoms with Crippen LogP contribution in [0.5, 0.6) is 5.88 Å². The maximum absolute atomic E-state index is 12.2. The molecule has 7 heteroatoms. The fourth-order valence-corrected chi connectivity index (χ4v) is 3.18. The zero-order chi connectivity index (χ0) is 17.4. The van der Waals surface area contributed by atoms with Gasteiger partial charge in [0.15, 0.2) is 5.69 Å². The molecule has 2 aromatic carbocycles. The largest absolute Gasteiger partial charge is 0.493 e. The highest BCUT2D eigenvalue weighted by Gasteiger charge is 2.12. The minimum atomic E-state index is -0.381. The van der Waals surface area contributed by atoms with Gasteiger partial charge in [-0.3, -0.25) is 4.79 Å². The minimum Gasteiger partial charge on any atom is -0.493 e. The first-order valence-electron chi connectivity index (χ1n) is 7.61. The number of azo groups is 1. The predicted molar refractivity (Wildman–Crippen MR) is 99.2 cm³/mol. The number of H-pyrrole nitrogens is 2. The highest BCUT2D eigenvalue weighted by atomic mass is 79.9. The first kappa shape index (κ1) is 15.6. The third-order valence-electron chi connectivity index (χ3n) is 3.99. The summed E-state index contributed by atoms with van der Waals surface area (Å²) in [7, 11) is 0. The van der Waals surface area contributed by atoms with Crippen molar-refractivity contribution in [2.45, 2.75) is 6.42 Å². The maximum atomic E-state index is 12.2. The van der Waals surface area contributed by atoms with Crippen LogP contribution in [0.15, 0.2) is 63.4 Å². The van der Waals surface area contributed by atoms with Gasteiger partial charge >= 0.3 is 0 Å². The van der Waals surface area contributed by atoms with Crippen molar-refractivity contribution in [2.24, 2.45) is 10.2 Å². The first-order chi connectivity index (χ1) is 12.1. The van der Waals surface area contributed by atoms with Gasteiger partial charge in [-0.1, -0.05) is 34.1 Å². The molecule has 6 nitrogen and oxygen atoms in total. The SMILES string of the molecule is O=C(Cc1c[nH]c2ccccc12)N=Nc1c(O)[nH]c2ccc(Br)cc12. The molecule has 0 aliphatic heterocycles. The minimum absolute atomic E-state index is 0.114. The molecule has 124 valence electrons. The van der Waals surface area contributed by atoms with Crippen LogP contribution in [-0.2, 0) is 11.2 Å². The van der Waals surface area contributed by atoms with Gasteiger partial charge in [-0.25, -0.2) is 0 Å². The summed E-state index contributed by atoms with van der Waals surface area (Å²) in [4.78, 5) is 18.1. The van der Waals surface area contributed by atoms with Gasteiger partial charge in [-0.15, -0.1) is 10.2 Å². The van der Waals surface area contributed by atoms with Crippen molar-refractivity contribution in [1.29, 1.82) is 0 Å². The molecule has 0 aliphatic carbocycles. The third kappa shape index (κ3) is 2.94. The molecule has 0 spiro atoms. The summed E-state index contributed by atoms with van der Waals surface area (Å²) in [5.41, 5.74) is 2.81. The van der Waals surface area contributed by atoms with Crippen molar-refractivity contribution in [3.05, 3.63) is 58.7 Å². The number of hydrogen-bond acceptors (Lipinski definition) is 3. The molecule has 0 bridgehead atoms. The Bertz CT molecular complexity index is 1130. The number of aromatic nitrogens is 2. The van der Waals surface area contributed by atoms with E-state index >= 15 is 0 Å². The van der Waals surface area contributed by atoms with Crippen LogP contribution in [0.4, 0.5) is 5.69 Å². The van der Waals surface area contributed by atoms with Crippen LogP contribution in [0.3, 0.4) is 0 Å². The van der Waals surface area contributed by atoms with Crippen molar-refractivity contribution in [3.8, 4) is 5.88 Å². The van der Waals surface area contributed by atoms with Crippen LogP contribution in [0.2, 0.25) is 0 Å². The van der Waals surface area contributed by atoms with Crippen molar-refractivity contribution >= 4 is 49.3 Å². The number of fused-ring (bicyclic) bond motifs is 2. The molecule has 3 N–H and O–H groups in total. The monoisotopic (exact) mass is 396 g/mol. The van der Waals surface area contributed by atoms with Crippen molar-refractivity contribution < 1.29 is 9.90 Å². The number of nitrogens with zero attached hydrogens (tertiary/aromatic N) is 2. The molecule has 0 saturated heterocycles. The summed E-state index contributed by atoms with van der Waals surface area (Å²) in [6.45, 7) is 0. The molecule has 1 amide bonds. The Morgan fingerprint density at radius 2 is 1.96 bits per heavy atom. The van der Waals surface area contributed by atoms with Crippen molar-refractivity contribution in [1.82, 2.24) is 9.97 Å². The fraction of sp³-hybridized carbons (Fsp3) is 0.0556. The van der Waals surface area contributed by atoms with Gasteiger partial charge in [0.25, 0.3) is 5.91 Å². The Labute approximate surface area is 150 Å². The van der Waals surface area contributed by atoms with Crippen LogP contribution < -0.4 is 0 Å². The quantitative estimate of drug-likeness (QED) is 0.426. The Kier molecular flexibility index (Phi) is 3.85. The van der Waals surface area contributed by atoms with E-state index in [0.717, 1.165) is 26.5 Å². The highest BCUT2D eigenvalue weighted by Crippen LogP contribution is 2.36. The molecule has 4 aromatic rings. The van der Waals surface area contributed by atoms with Gasteiger partial charge < -0.3 is 15.1 Å². The van der Waals surface area contributed by atoms with Crippen LogP contribution in [0.1, 0.15) is 5.56 Å². The van der Waals surface area contributed by atoms with E-state index < -0.39 is 0 Å². The highest BCUT2D eigenvalue weighted by molar-refractivity contribution is 9.10. The third-order valence-corrected chi connectivity index (χ3v) is 4.49. The Morgan fingerprint density at radius 3 is 2.84 bits per heavy atom. The Balaban J connectivity index is 1.60. The van der Waals surface area contributed by atoms with Crippen LogP contribution in [-0.4, -0.2) is 21.0 Å². The number of amides is 1. The molecular formula is C18H13BrN4O2. The summed E-state index contributed by atoms with van der Waals surface area (Å²) in [5.74, 6) is -0.495. The van der Waals surface area contributed by atoms with Gasteiger partial charge in [-0.05, 0) is 29.8 Å². The molecule has 0 aliphatic rings. The van der Waals surface area contributed by atoms with E-state index in [0.29, 0.717) is 5.39 Å². The van der Waals surface area contributed by atoms with Gasteiger partial charge in [-0.2, -0.15) is 0 Å². The second-order valence-corrected chi connectivity index (χ2v) is 6.56. The first-order valence-corrected chi connectivity index (χ1v) is 8.41. The van der Waals surface area contributed by atoms with E-state index in [-0.39, 0.29) is 23.9 Å². The topological polar surface area (TPSA) is 93.6 Å². The number of aromatic amines is 2. The number of carbonyl (C=O) groups is 1. The lowest BCUT2D eigenvalue weighted by atomic mass is 10.1. The van der Waals surface area contributed by atoms with Gasteiger partial charge in [0.1, 0.15) is 0 Å². The fourth-order valence-electron chi connectivity index (χ4n) is 2.82. The molecule has 0 fully saturated rings. The number of aromatic hydroxyl groups is 1. The number of hydrogen-bond donors (Lipinski definition) is 3. The zero-order valence-electron chi connectivity index (χ0n) is 13.0. The lowest BCUT2D eigenvalue weighted by Crippen LogP contribution is -1.96. The van der Waals surface area contributed by atoms with Crippen LogP contribution in [0, 0.1) is 0 Å². The summed E-state index contributed by atoms with van der Waals surface area (Å²) in [5, 5.41) is 19.4. The molecule has 0 unspecified atom stereocenters. The second-order valence-electron chi connectivity index (χ2n) is 5.64. The number of nitrogens with one attached hydrogen (secondary N) is 2. The molecule has 0 atom stereocenters. The average molecular weight is 397 g/mol. The molecule has 25 heavy (non-hydrogen) atoms. The Morgan fingerprint density at radius 1 is 1.12 bits per heavy atom. The van der Waals surface area contributed by atoms with E-state index in [2.05, 4.69) is 36.1 Å². The summed E-state index contributed by atoms with van der Waals surface area (Å²) in [6.07, 6.45) is 1.94. The smallest absolute Gasteiger partial charge is 0.269 e. The lowest BCUT2D eigenvalue weighted by molar-refractivity contribution is -0.117. The second kappa shape index (κ2) is 6.18. The van der Waals surface area contributed by atoms with Crippen LogP contribution >= 0.6 is 15.9 Å². The zero-order valence-corrected chi connectivity index (χ0v) is 14.5. The molecule has 2 heterocycles. The molecular weight excluding hydrogens is 384 g/mol. The van der Waals surface area contributed by atoms with E-state index in [1.165, 1.54) is 0 Å². The average Bonchev–Trinajstić information content (AvgIpc) is 3.14. The standard InChI is InChI=1S/C18H13BrN4O2/c19-11-5-6-15-13(8-11)17(18(25)21-15)23-22-16(24)7-10-9-20-14-4-2-1-3-12(10)14/h1-6,8-9,20-21,25H,7H2. The number of para-hydroxylation sites is 1. The molecule has 0 saturated carbocycles. The van der Waals surface area contributed by atoms with E-state index in [1.54, 1.807) is 6.20 Å². The maximum Gasteiger partial charge on any atom is 0.269 e. The number of carbonyl (C=O) groups excluding carboxylic acids is 1. The summed E-state index contributed by atoms with van der Waals surface area (Å²) < 4.78 is 0.848. The number of benzene rings is 2. The Hall–Kier alpha value is -2.93. The molecule has 0 radical (unpaired) electrons. The van der Waals surface area contributed by atoms with Gasteiger partial charge in [0.2, 0.25) is 5.88 Å². The van der Waals surface area contributed by atoms with Crippen molar-refractivity contribution in [2.75, 3.05) is 0 Å². The lowest BCUT2D eigenvalue weighted by Gasteiger charge is -1.95. The van der Waals surface area contributed by atoms with Crippen molar-refractivity contribution in [3.63, 3.8) is 0 Å². The van der Waals surface area contributed by atoms with Gasteiger partial charge in [0.05, 0.1) is 11.9 Å². The molecule has 2 aromatic heterocycles. The van der Waals surface area contributed by atoms with Gasteiger partial charge in [0, 0.05) is 27.0 Å². The van der Waals surface area contributed by atoms with E-state index in [1.807, 2.05) is 42.5 Å². The van der Waals surface area contributed by atoms with E-state index in [4.69, 9.17) is 0 Å². The summed E-state index contributed by atoms with van der Waals surface area (Å²) in [6, 6.07) is 13.2. The predicted octanol–water partition coefficient (Wildman–Crippen LogP) is 4.97. The van der Waals surface area contributed by atoms with Crippen LogP contribution in [0.25, 0.3) is 21.8 Å². The number of rotatable bonds is 3.